The molecule has 0 aliphatic carbocycles. The number of hydrogen-bond donors (Lipinski definition) is 1. The van der Waals surface area contributed by atoms with Crippen molar-refractivity contribution in [2.24, 2.45) is 0 Å². The summed E-state index contributed by atoms with van der Waals surface area (Å²) in [5.74, 6) is 0.304. The average molecular weight is 341 g/mol. The van der Waals surface area contributed by atoms with Crippen LogP contribution in [-0.4, -0.2) is 32.0 Å². The SMILES string of the molecule is Cc1nc2ncnn2c(C)c1CCC(=O)NCCc1ccc(F)cc1. The minimum atomic E-state index is -0.253. The van der Waals surface area contributed by atoms with E-state index < -0.39 is 0 Å². The molecule has 7 heteroatoms. The minimum Gasteiger partial charge on any atom is -0.356 e. The molecule has 2 heterocycles. The monoisotopic (exact) mass is 341 g/mol. The lowest BCUT2D eigenvalue weighted by molar-refractivity contribution is -0.121. The number of benzene rings is 1. The van der Waals surface area contributed by atoms with Crippen LogP contribution in [0.3, 0.4) is 0 Å². The number of aryl methyl sites for hydroxylation is 2. The molecule has 130 valence electrons. The Bertz CT molecular complexity index is 888. The van der Waals surface area contributed by atoms with Crippen LogP contribution in [0.25, 0.3) is 5.78 Å². The van der Waals surface area contributed by atoms with E-state index in [1.54, 1.807) is 16.6 Å². The number of halogens is 1. The molecule has 0 saturated carbocycles. The summed E-state index contributed by atoms with van der Waals surface area (Å²) in [6.07, 6.45) is 3.13. The maximum Gasteiger partial charge on any atom is 0.252 e. The fraction of sp³-hybridized carbons (Fsp3) is 0.333. The van der Waals surface area contributed by atoms with Gasteiger partial charge in [0, 0.05) is 24.4 Å². The molecule has 0 bridgehead atoms. The number of carbonyl (C=O) groups is 1. The van der Waals surface area contributed by atoms with Gasteiger partial charge in [-0.2, -0.15) is 10.1 Å². The molecule has 3 rings (SSSR count). The van der Waals surface area contributed by atoms with E-state index in [4.69, 9.17) is 0 Å². The van der Waals surface area contributed by atoms with E-state index in [2.05, 4.69) is 20.4 Å². The smallest absolute Gasteiger partial charge is 0.252 e. The zero-order chi connectivity index (χ0) is 17.8. The topological polar surface area (TPSA) is 72.2 Å². The van der Waals surface area contributed by atoms with Crippen molar-refractivity contribution in [3.05, 3.63) is 58.9 Å². The predicted molar refractivity (Wildman–Crippen MR) is 91.7 cm³/mol. The van der Waals surface area contributed by atoms with Crippen molar-refractivity contribution in [1.82, 2.24) is 24.9 Å². The Morgan fingerprint density at radius 2 is 1.96 bits per heavy atom. The largest absolute Gasteiger partial charge is 0.356 e. The quantitative estimate of drug-likeness (QED) is 0.746. The van der Waals surface area contributed by atoms with Crippen LogP contribution >= 0.6 is 0 Å². The second kappa shape index (κ2) is 7.38. The van der Waals surface area contributed by atoms with E-state index in [1.807, 2.05) is 13.8 Å². The van der Waals surface area contributed by atoms with Crippen molar-refractivity contribution in [3.8, 4) is 0 Å². The summed E-state index contributed by atoms with van der Waals surface area (Å²) < 4.78 is 14.5. The summed E-state index contributed by atoms with van der Waals surface area (Å²) in [6.45, 7) is 4.41. The fourth-order valence-electron chi connectivity index (χ4n) is 2.84. The molecule has 0 atom stereocenters. The van der Waals surface area contributed by atoms with Crippen molar-refractivity contribution in [1.29, 1.82) is 0 Å². The molecule has 6 nitrogen and oxygen atoms in total. The van der Waals surface area contributed by atoms with E-state index in [9.17, 15) is 9.18 Å². The summed E-state index contributed by atoms with van der Waals surface area (Å²) in [5, 5.41) is 7.05. The lowest BCUT2D eigenvalue weighted by Gasteiger charge is -2.10. The molecule has 0 aliphatic heterocycles. The van der Waals surface area contributed by atoms with Gasteiger partial charge in [0.25, 0.3) is 5.78 Å². The van der Waals surface area contributed by atoms with Crippen LogP contribution in [0.5, 0.6) is 0 Å². The van der Waals surface area contributed by atoms with Gasteiger partial charge >= 0.3 is 0 Å². The molecule has 0 fully saturated rings. The van der Waals surface area contributed by atoms with Gasteiger partial charge in [0.05, 0.1) is 0 Å². The van der Waals surface area contributed by atoms with Gasteiger partial charge in [-0.05, 0) is 49.9 Å². The van der Waals surface area contributed by atoms with Crippen molar-refractivity contribution in [2.45, 2.75) is 33.1 Å². The number of rotatable bonds is 6. The Morgan fingerprint density at radius 1 is 1.20 bits per heavy atom. The summed E-state index contributed by atoms with van der Waals surface area (Å²) >= 11 is 0. The molecular weight excluding hydrogens is 321 g/mol. The van der Waals surface area contributed by atoms with Gasteiger partial charge in [0.1, 0.15) is 12.1 Å². The number of carbonyl (C=O) groups excluding carboxylic acids is 1. The Hall–Kier alpha value is -2.83. The minimum absolute atomic E-state index is 0.0143. The molecule has 2 aromatic heterocycles. The number of nitrogens with one attached hydrogen (secondary N) is 1. The molecule has 3 aromatic rings. The van der Waals surface area contributed by atoms with Crippen LogP contribution in [-0.2, 0) is 17.6 Å². The highest BCUT2D eigenvalue weighted by Gasteiger charge is 2.12. The first-order valence-electron chi connectivity index (χ1n) is 8.21. The van der Waals surface area contributed by atoms with Gasteiger partial charge in [0.2, 0.25) is 5.91 Å². The van der Waals surface area contributed by atoms with E-state index in [1.165, 1.54) is 18.5 Å². The molecule has 1 amide bonds. The summed E-state index contributed by atoms with van der Waals surface area (Å²) in [4.78, 5) is 20.6. The van der Waals surface area contributed by atoms with Crippen LogP contribution in [0, 0.1) is 19.7 Å². The first-order chi connectivity index (χ1) is 12.0. The first-order valence-corrected chi connectivity index (χ1v) is 8.21. The van der Waals surface area contributed by atoms with Crippen LogP contribution < -0.4 is 5.32 Å². The third-order valence-corrected chi connectivity index (χ3v) is 4.24. The Labute approximate surface area is 145 Å². The van der Waals surface area contributed by atoms with Crippen LogP contribution in [0.1, 0.15) is 28.9 Å². The zero-order valence-electron chi connectivity index (χ0n) is 14.3. The van der Waals surface area contributed by atoms with Crippen molar-refractivity contribution >= 4 is 11.7 Å². The van der Waals surface area contributed by atoms with Gasteiger partial charge < -0.3 is 5.32 Å². The number of fused-ring (bicyclic) bond motifs is 1. The van der Waals surface area contributed by atoms with E-state index in [0.717, 1.165) is 22.5 Å². The zero-order valence-corrected chi connectivity index (χ0v) is 14.3. The van der Waals surface area contributed by atoms with E-state index >= 15 is 0 Å². The molecule has 0 aliphatic rings. The lowest BCUT2D eigenvalue weighted by atomic mass is 10.1. The predicted octanol–water partition coefficient (Wildman–Crippen LogP) is 2.17. The molecule has 0 radical (unpaired) electrons. The molecule has 0 saturated heterocycles. The Morgan fingerprint density at radius 3 is 2.72 bits per heavy atom. The normalized spacial score (nSPS) is 11.0. The highest BCUT2D eigenvalue weighted by molar-refractivity contribution is 5.76. The second-order valence-electron chi connectivity index (χ2n) is 5.96. The van der Waals surface area contributed by atoms with E-state index in [-0.39, 0.29) is 11.7 Å². The van der Waals surface area contributed by atoms with Crippen LogP contribution in [0.15, 0.2) is 30.6 Å². The maximum atomic E-state index is 12.9. The number of aromatic nitrogens is 4. The van der Waals surface area contributed by atoms with Gasteiger partial charge in [-0.1, -0.05) is 12.1 Å². The van der Waals surface area contributed by atoms with Crippen molar-refractivity contribution in [2.75, 3.05) is 6.54 Å². The lowest BCUT2D eigenvalue weighted by Crippen LogP contribution is -2.26. The fourth-order valence-corrected chi connectivity index (χ4v) is 2.84. The van der Waals surface area contributed by atoms with Gasteiger partial charge in [0.15, 0.2) is 0 Å². The highest BCUT2D eigenvalue weighted by atomic mass is 19.1. The maximum absolute atomic E-state index is 12.9. The van der Waals surface area contributed by atoms with Crippen LogP contribution in [0.2, 0.25) is 0 Å². The summed E-state index contributed by atoms with van der Waals surface area (Å²) in [6, 6.07) is 6.31. The standard InChI is InChI=1S/C18H20FN5O/c1-12-16(13(2)24-18(23-12)21-11-22-24)7-8-17(25)20-10-9-14-3-5-15(19)6-4-14/h3-6,11H,7-10H2,1-2H3,(H,20,25). The Kier molecular flexibility index (Phi) is 5.02. The van der Waals surface area contributed by atoms with Crippen molar-refractivity contribution < 1.29 is 9.18 Å². The molecule has 1 aromatic carbocycles. The molecule has 0 spiro atoms. The molecule has 25 heavy (non-hydrogen) atoms. The molecular formula is C18H20FN5O. The van der Waals surface area contributed by atoms with Gasteiger partial charge in [-0.15, -0.1) is 0 Å². The highest BCUT2D eigenvalue weighted by Crippen LogP contribution is 2.14. The number of nitrogens with zero attached hydrogens (tertiary/aromatic N) is 4. The van der Waals surface area contributed by atoms with Gasteiger partial charge in [-0.3, -0.25) is 4.79 Å². The number of hydrogen-bond acceptors (Lipinski definition) is 4. The average Bonchev–Trinajstić information content (AvgIpc) is 3.05. The third-order valence-electron chi connectivity index (χ3n) is 4.24. The molecule has 1 N–H and O–H groups in total. The summed E-state index contributed by atoms with van der Waals surface area (Å²) in [5.41, 5.74) is 3.84. The van der Waals surface area contributed by atoms with E-state index in [0.29, 0.717) is 31.6 Å². The van der Waals surface area contributed by atoms with Gasteiger partial charge in [-0.25, -0.2) is 13.9 Å². The number of amides is 1. The second-order valence-corrected chi connectivity index (χ2v) is 5.96. The Balaban J connectivity index is 1.53. The van der Waals surface area contributed by atoms with Crippen LogP contribution in [0.4, 0.5) is 4.39 Å². The van der Waals surface area contributed by atoms with Crippen molar-refractivity contribution in [3.63, 3.8) is 0 Å². The summed E-state index contributed by atoms with van der Waals surface area (Å²) in [7, 11) is 0. The molecule has 0 unspecified atom stereocenters. The third kappa shape index (κ3) is 3.99. The first kappa shape index (κ1) is 17.0.